The first kappa shape index (κ1) is 8.41. The van der Waals surface area contributed by atoms with Crippen LogP contribution in [0.15, 0.2) is 12.4 Å². The fraction of sp³-hybridized carbons (Fsp3) is 0.556. The normalized spacial score (nSPS) is 17.6. The van der Waals surface area contributed by atoms with Crippen molar-refractivity contribution in [3.63, 3.8) is 0 Å². The van der Waals surface area contributed by atoms with E-state index in [0.29, 0.717) is 0 Å². The highest BCUT2D eigenvalue weighted by Crippen LogP contribution is 2.21. The van der Waals surface area contributed by atoms with Crippen LogP contribution in [0.5, 0.6) is 6.01 Å². The van der Waals surface area contributed by atoms with Gasteiger partial charge in [-0.25, -0.2) is 14.4 Å². The van der Waals surface area contributed by atoms with Crippen LogP contribution < -0.4 is 4.74 Å². The lowest BCUT2D eigenvalue weighted by molar-refractivity contribution is 0.191. The second-order valence-corrected chi connectivity index (χ2v) is 3.21. The van der Waals surface area contributed by atoms with Gasteiger partial charge in [-0.05, 0) is 25.7 Å². The summed E-state index contributed by atoms with van der Waals surface area (Å²) < 4.78 is 17.9. The van der Waals surface area contributed by atoms with E-state index in [4.69, 9.17) is 4.74 Å². The first-order valence-electron chi connectivity index (χ1n) is 4.49. The Balaban J connectivity index is 1.97. The molecule has 13 heavy (non-hydrogen) atoms. The minimum absolute atomic E-state index is 0.227. The average molecular weight is 182 g/mol. The van der Waals surface area contributed by atoms with Crippen LogP contribution in [0.25, 0.3) is 0 Å². The molecule has 1 saturated carbocycles. The van der Waals surface area contributed by atoms with Gasteiger partial charge in [-0.3, -0.25) is 0 Å². The summed E-state index contributed by atoms with van der Waals surface area (Å²) in [6.07, 6.45) is 6.98. The quantitative estimate of drug-likeness (QED) is 0.701. The van der Waals surface area contributed by atoms with Crippen molar-refractivity contribution in [3.8, 4) is 6.01 Å². The molecule has 4 heteroatoms. The zero-order valence-corrected chi connectivity index (χ0v) is 7.24. The third-order valence-electron chi connectivity index (χ3n) is 2.17. The van der Waals surface area contributed by atoms with Gasteiger partial charge in [-0.15, -0.1) is 0 Å². The zero-order chi connectivity index (χ0) is 9.10. The second-order valence-electron chi connectivity index (χ2n) is 3.21. The summed E-state index contributed by atoms with van der Waals surface area (Å²) in [5.41, 5.74) is 0. The van der Waals surface area contributed by atoms with Crippen molar-refractivity contribution >= 4 is 0 Å². The van der Waals surface area contributed by atoms with Gasteiger partial charge >= 0.3 is 6.01 Å². The molecule has 0 amide bonds. The Hall–Kier alpha value is -1.19. The van der Waals surface area contributed by atoms with Gasteiger partial charge < -0.3 is 4.74 Å². The molecule has 1 heterocycles. The fourth-order valence-corrected chi connectivity index (χ4v) is 1.52. The molecule has 0 aliphatic heterocycles. The predicted molar refractivity (Wildman–Crippen MR) is 44.9 cm³/mol. The zero-order valence-electron chi connectivity index (χ0n) is 7.24. The van der Waals surface area contributed by atoms with Gasteiger partial charge in [0.1, 0.15) is 6.10 Å². The standard InChI is InChI=1S/C9H11FN2O/c10-7-5-11-9(12-6-7)13-8-3-1-2-4-8/h5-6,8H,1-4H2. The number of halogens is 1. The first-order chi connectivity index (χ1) is 6.34. The smallest absolute Gasteiger partial charge is 0.316 e. The molecule has 0 unspecified atom stereocenters. The van der Waals surface area contributed by atoms with E-state index in [1.165, 1.54) is 12.8 Å². The lowest BCUT2D eigenvalue weighted by atomic mass is 10.3. The number of ether oxygens (including phenoxy) is 1. The van der Waals surface area contributed by atoms with Gasteiger partial charge in [0.2, 0.25) is 0 Å². The van der Waals surface area contributed by atoms with Crippen molar-refractivity contribution in [2.24, 2.45) is 0 Å². The topological polar surface area (TPSA) is 35.0 Å². The van der Waals surface area contributed by atoms with Crippen molar-refractivity contribution < 1.29 is 9.13 Å². The second kappa shape index (κ2) is 3.68. The van der Waals surface area contributed by atoms with Gasteiger partial charge in [0.25, 0.3) is 0 Å². The van der Waals surface area contributed by atoms with Gasteiger partial charge in [-0.2, -0.15) is 0 Å². The minimum Gasteiger partial charge on any atom is -0.460 e. The summed E-state index contributed by atoms with van der Waals surface area (Å²) in [5.74, 6) is -0.432. The molecule has 2 rings (SSSR count). The molecule has 1 aromatic heterocycles. The van der Waals surface area contributed by atoms with Crippen molar-refractivity contribution in [1.82, 2.24) is 9.97 Å². The molecule has 70 valence electrons. The predicted octanol–water partition coefficient (Wildman–Crippen LogP) is 1.94. The molecule has 1 aromatic rings. The van der Waals surface area contributed by atoms with Gasteiger partial charge in [0.15, 0.2) is 5.82 Å². The number of hydrogen-bond acceptors (Lipinski definition) is 3. The van der Waals surface area contributed by atoms with Crippen LogP contribution in [-0.2, 0) is 0 Å². The molecule has 0 bridgehead atoms. The van der Waals surface area contributed by atoms with Crippen LogP contribution >= 0.6 is 0 Å². The highest BCUT2D eigenvalue weighted by molar-refractivity contribution is 4.96. The van der Waals surface area contributed by atoms with E-state index in [0.717, 1.165) is 25.2 Å². The molecule has 0 aromatic carbocycles. The van der Waals surface area contributed by atoms with Crippen LogP contribution in [-0.4, -0.2) is 16.1 Å². The van der Waals surface area contributed by atoms with Gasteiger partial charge in [0.05, 0.1) is 12.4 Å². The Morgan fingerprint density at radius 1 is 1.23 bits per heavy atom. The maximum atomic E-state index is 12.4. The van der Waals surface area contributed by atoms with Crippen LogP contribution in [0.2, 0.25) is 0 Å². The largest absolute Gasteiger partial charge is 0.460 e. The third kappa shape index (κ3) is 2.14. The molecular formula is C9H11FN2O. The molecule has 1 aliphatic carbocycles. The Labute approximate surface area is 76.0 Å². The SMILES string of the molecule is Fc1cnc(OC2CCCC2)nc1. The molecule has 0 radical (unpaired) electrons. The monoisotopic (exact) mass is 182 g/mol. The van der Waals surface area contributed by atoms with Gasteiger partial charge in [0, 0.05) is 0 Å². The van der Waals surface area contributed by atoms with E-state index in [1.807, 2.05) is 0 Å². The van der Waals surface area contributed by atoms with Crippen molar-refractivity contribution in [1.29, 1.82) is 0 Å². The lowest BCUT2D eigenvalue weighted by Crippen LogP contribution is -2.12. The molecule has 0 spiro atoms. The molecule has 1 fully saturated rings. The Morgan fingerprint density at radius 3 is 2.46 bits per heavy atom. The van der Waals surface area contributed by atoms with E-state index < -0.39 is 5.82 Å². The van der Waals surface area contributed by atoms with E-state index in [1.54, 1.807) is 0 Å². The molecular weight excluding hydrogens is 171 g/mol. The average Bonchev–Trinajstić information content (AvgIpc) is 2.62. The summed E-state index contributed by atoms with van der Waals surface area (Å²) in [6.45, 7) is 0. The van der Waals surface area contributed by atoms with E-state index in [-0.39, 0.29) is 12.1 Å². The summed E-state index contributed by atoms with van der Waals surface area (Å²) in [6, 6.07) is 0.285. The summed E-state index contributed by atoms with van der Waals surface area (Å²) in [5, 5.41) is 0. The number of hydrogen-bond donors (Lipinski definition) is 0. The Morgan fingerprint density at radius 2 is 1.85 bits per heavy atom. The van der Waals surface area contributed by atoms with Crippen LogP contribution in [0.3, 0.4) is 0 Å². The number of nitrogens with zero attached hydrogens (tertiary/aromatic N) is 2. The van der Waals surface area contributed by atoms with Crippen LogP contribution in [0.4, 0.5) is 4.39 Å². The van der Waals surface area contributed by atoms with Crippen molar-refractivity contribution in [3.05, 3.63) is 18.2 Å². The van der Waals surface area contributed by atoms with Crippen LogP contribution in [0.1, 0.15) is 25.7 Å². The van der Waals surface area contributed by atoms with Crippen LogP contribution in [0, 0.1) is 5.82 Å². The summed E-state index contributed by atoms with van der Waals surface area (Å²) >= 11 is 0. The number of aromatic nitrogens is 2. The first-order valence-corrected chi connectivity index (χ1v) is 4.49. The maximum Gasteiger partial charge on any atom is 0.316 e. The van der Waals surface area contributed by atoms with E-state index >= 15 is 0 Å². The minimum atomic E-state index is -0.432. The molecule has 0 atom stereocenters. The highest BCUT2D eigenvalue weighted by Gasteiger charge is 2.17. The molecule has 3 nitrogen and oxygen atoms in total. The number of rotatable bonds is 2. The van der Waals surface area contributed by atoms with Gasteiger partial charge in [-0.1, -0.05) is 0 Å². The van der Waals surface area contributed by atoms with E-state index in [2.05, 4.69) is 9.97 Å². The van der Waals surface area contributed by atoms with E-state index in [9.17, 15) is 4.39 Å². The highest BCUT2D eigenvalue weighted by atomic mass is 19.1. The molecule has 0 saturated heterocycles. The summed E-state index contributed by atoms with van der Waals surface area (Å²) in [4.78, 5) is 7.47. The Kier molecular flexibility index (Phi) is 2.38. The third-order valence-corrected chi connectivity index (χ3v) is 2.17. The van der Waals surface area contributed by atoms with Crippen molar-refractivity contribution in [2.75, 3.05) is 0 Å². The molecule has 1 aliphatic rings. The fourth-order valence-electron chi connectivity index (χ4n) is 1.52. The lowest BCUT2D eigenvalue weighted by Gasteiger charge is -2.09. The maximum absolute atomic E-state index is 12.4. The van der Waals surface area contributed by atoms with Crippen molar-refractivity contribution in [2.45, 2.75) is 31.8 Å². The molecule has 0 N–H and O–H groups in total. The Bertz CT molecular complexity index is 269. The summed E-state index contributed by atoms with van der Waals surface area (Å²) in [7, 11) is 0.